The molecule has 1 N–H and O–H groups in total. The smallest absolute Gasteiger partial charge is 0.0490 e. The van der Waals surface area contributed by atoms with Gasteiger partial charge in [0.25, 0.3) is 0 Å². The Morgan fingerprint density at radius 3 is 1.05 bits per heavy atom. The maximum atomic E-state index is 3.66. The molecule has 7 heteroatoms. The van der Waals surface area contributed by atoms with Crippen molar-refractivity contribution < 1.29 is 0 Å². The minimum Gasteiger partial charge on any atom is -0.292 e. The van der Waals surface area contributed by atoms with Gasteiger partial charge in [-0.2, -0.15) is 0 Å². The van der Waals surface area contributed by atoms with Gasteiger partial charge in [-0.15, -0.1) is 0 Å². The molecule has 0 aromatic heterocycles. The van der Waals surface area contributed by atoms with E-state index >= 15 is 0 Å². The van der Waals surface area contributed by atoms with Crippen molar-refractivity contribution in [1.29, 1.82) is 0 Å². The molecule has 0 aromatic carbocycles. The van der Waals surface area contributed by atoms with E-state index in [4.69, 9.17) is 0 Å². The average molecular weight is 747 g/mol. The quantitative estimate of drug-likeness (QED) is 0.144. The van der Waals surface area contributed by atoms with Crippen LogP contribution in [-0.2, 0) is 0 Å². The third-order valence-electron chi connectivity index (χ3n) is 3.10. The van der Waals surface area contributed by atoms with Crippen molar-refractivity contribution in [3.63, 3.8) is 0 Å². The third-order valence-corrected chi connectivity index (χ3v) is 6.15. The molecule has 0 saturated carbocycles. The predicted octanol–water partition coefficient (Wildman–Crippen LogP) is 4.40. The molecule has 0 atom stereocenters. The van der Waals surface area contributed by atoms with Gasteiger partial charge in [-0.1, -0.05) is 90.4 Å². The summed E-state index contributed by atoms with van der Waals surface area (Å²) in [6, 6.07) is 0. The van der Waals surface area contributed by atoms with Crippen LogP contribution in [0.2, 0.25) is 0 Å². The standard InChI is InChI=1S/C14H29I4N3/c15-5-1-9-20(10-2-6-16)13-19-14-21(11-3-7-17)12-4-8-18/h19H,1-14H2. The topological polar surface area (TPSA) is 18.5 Å². The van der Waals surface area contributed by atoms with Crippen LogP contribution in [0.1, 0.15) is 25.7 Å². The van der Waals surface area contributed by atoms with Gasteiger partial charge in [0.2, 0.25) is 0 Å². The number of alkyl halides is 4. The van der Waals surface area contributed by atoms with Crippen molar-refractivity contribution in [2.75, 3.05) is 57.2 Å². The second kappa shape index (κ2) is 19.1. The van der Waals surface area contributed by atoms with Crippen molar-refractivity contribution in [2.24, 2.45) is 0 Å². The molecule has 0 unspecified atom stereocenters. The summed E-state index contributed by atoms with van der Waals surface area (Å²) in [5, 5.41) is 3.66. The van der Waals surface area contributed by atoms with Gasteiger partial charge < -0.3 is 0 Å². The van der Waals surface area contributed by atoms with Gasteiger partial charge in [0.1, 0.15) is 0 Å². The zero-order valence-electron chi connectivity index (χ0n) is 12.8. The van der Waals surface area contributed by atoms with E-state index in [0.717, 1.165) is 13.3 Å². The van der Waals surface area contributed by atoms with Gasteiger partial charge in [-0.05, 0) is 25.7 Å². The van der Waals surface area contributed by atoms with Crippen LogP contribution in [0.5, 0.6) is 0 Å². The SMILES string of the molecule is ICCCN(CCCI)CNCN(CCCI)CCCI. The molecular formula is C14H29I4N3. The fourth-order valence-electron chi connectivity index (χ4n) is 2.04. The van der Waals surface area contributed by atoms with Crippen LogP contribution >= 0.6 is 90.4 Å². The highest BCUT2D eigenvalue weighted by Gasteiger charge is 2.06. The third kappa shape index (κ3) is 16.0. The van der Waals surface area contributed by atoms with Gasteiger partial charge in [-0.3, -0.25) is 15.1 Å². The molecule has 3 nitrogen and oxygen atoms in total. The van der Waals surface area contributed by atoms with Crippen LogP contribution in [0, 0.1) is 0 Å². The first kappa shape index (κ1) is 23.8. The number of nitrogens with one attached hydrogen (secondary N) is 1. The molecule has 0 heterocycles. The van der Waals surface area contributed by atoms with Crippen LogP contribution < -0.4 is 5.32 Å². The van der Waals surface area contributed by atoms with E-state index in [1.54, 1.807) is 0 Å². The second-order valence-corrected chi connectivity index (χ2v) is 9.29. The lowest BCUT2D eigenvalue weighted by Crippen LogP contribution is -2.42. The van der Waals surface area contributed by atoms with E-state index in [9.17, 15) is 0 Å². The van der Waals surface area contributed by atoms with Crippen LogP contribution in [0.3, 0.4) is 0 Å². The lowest BCUT2D eigenvalue weighted by Gasteiger charge is -2.26. The molecule has 0 radical (unpaired) electrons. The predicted molar refractivity (Wildman–Crippen MR) is 130 cm³/mol. The van der Waals surface area contributed by atoms with Crippen molar-refractivity contribution >= 4 is 90.4 Å². The lowest BCUT2D eigenvalue weighted by atomic mass is 10.3. The van der Waals surface area contributed by atoms with Gasteiger partial charge in [0.05, 0.1) is 0 Å². The van der Waals surface area contributed by atoms with E-state index in [1.165, 1.54) is 69.6 Å². The fourth-order valence-corrected chi connectivity index (χ4v) is 3.40. The summed E-state index contributed by atoms with van der Waals surface area (Å²) < 4.78 is 5.04. The monoisotopic (exact) mass is 747 g/mol. The largest absolute Gasteiger partial charge is 0.292 e. The molecule has 0 rings (SSSR count). The molecular weight excluding hydrogens is 718 g/mol. The summed E-state index contributed by atoms with van der Waals surface area (Å²) in [6.07, 6.45) is 5.21. The minimum atomic E-state index is 1.04. The summed E-state index contributed by atoms with van der Waals surface area (Å²) in [6.45, 7) is 7.00. The summed E-state index contributed by atoms with van der Waals surface area (Å²) in [4.78, 5) is 5.15. The van der Waals surface area contributed by atoms with Crippen molar-refractivity contribution in [2.45, 2.75) is 25.7 Å². The van der Waals surface area contributed by atoms with Crippen LogP contribution in [0.25, 0.3) is 0 Å². The van der Waals surface area contributed by atoms with Gasteiger partial charge in [0.15, 0.2) is 0 Å². The number of hydrogen-bond donors (Lipinski definition) is 1. The highest BCUT2D eigenvalue weighted by Crippen LogP contribution is 2.00. The van der Waals surface area contributed by atoms with Crippen molar-refractivity contribution in [3.05, 3.63) is 0 Å². The Hall–Kier alpha value is 2.80. The highest BCUT2D eigenvalue weighted by atomic mass is 127. The van der Waals surface area contributed by atoms with E-state index in [-0.39, 0.29) is 0 Å². The molecule has 0 amide bonds. The maximum absolute atomic E-state index is 3.66. The Kier molecular flexibility index (Phi) is 21.7. The summed E-state index contributed by atoms with van der Waals surface area (Å²) in [5.74, 6) is 0. The zero-order chi connectivity index (χ0) is 15.8. The molecule has 0 aliphatic heterocycles. The lowest BCUT2D eigenvalue weighted by molar-refractivity contribution is 0.202. The number of rotatable bonds is 16. The second-order valence-electron chi connectivity index (χ2n) is 4.97. The molecule has 0 aliphatic rings. The first-order valence-electron chi connectivity index (χ1n) is 7.67. The van der Waals surface area contributed by atoms with Crippen LogP contribution in [-0.4, -0.2) is 67.0 Å². The van der Waals surface area contributed by atoms with E-state index in [0.29, 0.717) is 0 Å². The summed E-state index contributed by atoms with van der Waals surface area (Å²) >= 11 is 9.92. The van der Waals surface area contributed by atoms with E-state index in [2.05, 4.69) is 105 Å². The van der Waals surface area contributed by atoms with Gasteiger partial charge >= 0.3 is 0 Å². The van der Waals surface area contributed by atoms with Crippen LogP contribution in [0.4, 0.5) is 0 Å². The van der Waals surface area contributed by atoms with E-state index in [1.807, 2.05) is 0 Å². The van der Waals surface area contributed by atoms with Gasteiger partial charge in [0, 0.05) is 57.2 Å². The Labute approximate surface area is 186 Å². The molecule has 0 aliphatic carbocycles. The molecule has 0 fully saturated rings. The Morgan fingerprint density at radius 1 is 0.524 bits per heavy atom. The Morgan fingerprint density at radius 2 is 0.810 bits per heavy atom. The Balaban J connectivity index is 3.96. The maximum Gasteiger partial charge on any atom is 0.0490 e. The van der Waals surface area contributed by atoms with Crippen molar-refractivity contribution in [1.82, 2.24) is 15.1 Å². The first-order valence-corrected chi connectivity index (χ1v) is 13.8. The van der Waals surface area contributed by atoms with Crippen molar-refractivity contribution in [3.8, 4) is 0 Å². The fraction of sp³-hybridized carbons (Fsp3) is 1.00. The normalized spacial score (nSPS) is 11.7. The molecule has 128 valence electrons. The zero-order valence-corrected chi connectivity index (χ0v) is 21.4. The first-order chi connectivity index (χ1) is 10.3. The molecule has 21 heavy (non-hydrogen) atoms. The highest BCUT2D eigenvalue weighted by molar-refractivity contribution is 14.1. The number of hydrogen-bond acceptors (Lipinski definition) is 3. The van der Waals surface area contributed by atoms with Crippen LogP contribution in [0.15, 0.2) is 0 Å². The molecule has 0 bridgehead atoms. The Bertz CT molecular complexity index is 175. The minimum absolute atomic E-state index is 1.04. The molecule has 0 aromatic rings. The summed E-state index contributed by atoms with van der Waals surface area (Å²) in [5.41, 5.74) is 0. The summed E-state index contributed by atoms with van der Waals surface area (Å²) in [7, 11) is 0. The number of halogens is 4. The molecule has 0 saturated heterocycles. The number of nitrogens with zero attached hydrogens (tertiary/aromatic N) is 2. The van der Waals surface area contributed by atoms with E-state index < -0.39 is 0 Å². The average Bonchev–Trinajstić information content (AvgIpc) is 2.51. The molecule has 0 spiro atoms. The van der Waals surface area contributed by atoms with Gasteiger partial charge in [-0.25, -0.2) is 0 Å².